The number of aliphatic hydroxyl groups excluding tert-OH is 1. The minimum absolute atomic E-state index is 0. The van der Waals surface area contributed by atoms with Gasteiger partial charge in [-0.3, -0.25) is 4.98 Å². The van der Waals surface area contributed by atoms with Crippen LogP contribution in [0.25, 0.3) is 0 Å². The van der Waals surface area contributed by atoms with Crippen LogP contribution in [-0.4, -0.2) is 10.1 Å². The smallest absolute Gasteiger partial charge is 0.388 e. The molecular formula is C16H15FeNO+2. The molecule has 1 aromatic rings. The number of hydrogen-bond donors (Lipinski definition) is 1. The Morgan fingerprint density at radius 2 is 1.47 bits per heavy atom. The normalized spacial score (nSPS) is 20.3. The van der Waals surface area contributed by atoms with E-state index in [9.17, 15) is 5.11 Å². The van der Waals surface area contributed by atoms with E-state index < -0.39 is 6.10 Å². The Labute approximate surface area is 127 Å². The molecule has 1 atom stereocenters. The minimum Gasteiger partial charge on any atom is -0.388 e. The molecule has 2 nitrogen and oxygen atoms in total. The van der Waals surface area contributed by atoms with Crippen molar-refractivity contribution >= 4 is 0 Å². The van der Waals surface area contributed by atoms with E-state index in [1.54, 1.807) is 12.4 Å². The monoisotopic (exact) mass is 293 g/mol. The molecule has 1 heterocycles. The van der Waals surface area contributed by atoms with Gasteiger partial charge in [0.25, 0.3) is 0 Å². The van der Waals surface area contributed by atoms with Crippen molar-refractivity contribution in [3.05, 3.63) is 93.8 Å². The summed E-state index contributed by atoms with van der Waals surface area (Å²) in [5.41, 5.74) is 0.828. The van der Waals surface area contributed by atoms with Crippen molar-refractivity contribution in [2.24, 2.45) is 0 Å². The van der Waals surface area contributed by atoms with E-state index in [2.05, 4.69) is 4.98 Å². The summed E-state index contributed by atoms with van der Waals surface area (Å²) in [4.78, 5) is 3.96. The Morgan fingerprint density at radius 1 is 0.895 bits per heavy atom. The number of rotatable bonds is 2. The van der Waals surface area contributed by atoms with E-state index in [0.717, 1.165) is 11.5 Å². The topological polar surface area (TPSA) is 33.1 Å². The van der Waals surface area contributed by atoms with Gasteiger partial charge in [-0.25, -0.2) is 0 Å². The van der Waals surface area contributed by atoms with Gasteiger partial charge in [-0.05, 0) is 69.4 Å². The third-order valence-corrected chi connectivity index (χ3v) is 2.56. The van der Waals surface area contributed by atoms with Crippen molar-refractivity contribution < 1.29 is 22.2 Å². The van der Waals surface area contributed by atoms with Gasteiger partial charge in [0.2, 0.25) is 0 Å². The van der Waals surface area contributed by atoms with Crippen molar-refractivity contribution in [1.29, 1.82) is 0 Å². The minimum atomic E-state index is -0.552. The summed E-state index contributed by atoms with van der Waals surface area (Å²) >= 11 is 0. The molecule has 1 N–H and O–H groups in total. The van der Waals surface area contributed by atoms with Gasteiger partial charge in [0.1, 0.15) is 0 Å². The van der Waals surface area contributed by atoms with Crippen molar-refractivity contribution in [2.75, 3.05) is 0 Å². The third kappa shape index (κ3) is 5.64. The molecule has 0 bridgehead atoms. The molecular weight excluding hydrogens is 278 g/mol. The number of aliphatic hydroxyl groups is 1. The molecule has 0 aliphatic heterocycles. The molecule has 10 radical (unpaired) electrons. The van der Waals surface area contributed by atoms with Crippen LogP contribution in [-0.2, 0) is 17.1 Å². The van der Waals surface area contributed by atoms with Crippen molar-refractivity contribution in [1.82, 2.24) is 4.98 Å². The first-order valence-electron chi connectivity index (χ1n) is 5.84. The Kier molecular flexibility index (Phi) is 8.36. The van der Waals surface area contributed by atoms with Crippen LogP contribution < -0.4 is 0 Å². The number of aromatic nitrogens is 1. The summed E-state index contributed by atoms with van der Waals surface area (Å²) < 4.78 is 0. The number of hydrogen-bond acceptors (Lipinski definition) is 2. The molecule has 0 spiro atoms. The first-order valence-corrected chi connectivity index (χ1v) is 5.84. The van der Waals surface area contributed by atoms with E-state index in [0.29, 0.717) is 0 Å². The summed E-state index contributed by atoms with van der Waals surface area (Å²) in [7, 11) is 0. The fourth-order valence-corrected chi connectivity index (χ4v) is 1.62. The van der Waals surface area contributed by atoms with Gasteiger partial charge in [0.15, 0.2) is 0 Å². The van der Waals surface area contributed by atoms with Gasteiger partial charge >= 0.3 is 17.1 Å². The predicted molar refractivity (Wildman–Crippen MR) is 71.1 cm³/mol. The molecule has 2 saturated carbocycles. The summed E-state index contributed by atoms with van der Waals surface area (Å²) in [5.74, 6) is 0.910. The SMILES string of the molecule is OC([C]1[CH][CH][CH][CH]1)c1cccnc1.[CH]1[CH][CH][CH][CH]1.[Fe+2]. The summed E-state index contributed by atoms with van der Waals surface area (Å²) in [6.07, 6.45) is 20.4. The van der Waals surface area contributed by atoms with Crippen LogP contribution in [0.2, 0.25) is 0 Å². The predicted octanol–water partition coefficient (Wildman–Crippen LogP) is 2.54. The van der Waals surface area contributed by atoms with Crippen LogP contribution in [0.4, 0.5) is 0 Å². The van der Waals surface area contributed by atoms with Gasteiger partial charge in [-0.1, -0.05) is 6.07 Å². The number of pyridine rings is 1. The van der Waals surface area contributed by atoms with Crippen molar-refractivity contribution in [3.8, 4) is 0 Å². The average Bonchev–Trinajstić information content (AvgIpc) is 3.14. The molecule has 1 aromatic heterocycles. The average molecular weight is 293 g/mol. The maximum absolute atomic E-state index is 9.84. The fraction of sp³-hybridized carbons (Fsp3) is 0.0625. The largest absolute Gasteiger partial charge is 2.00 e. The van der Waals surface area contributed by atoms with Gasteiger partial charge in [-0.2, -0.15) is 0 Å². The van der Waals surface area contributed by atoms with Gasteiger partial charge in [-0.15, -0.1) is 0 Å². The summed E-state index contributed by atoms with van der Waals surface area (Å²) in [6, 6.07) is 3.69. The Hall–Kier alpha value is -0.371. The first-order chi connectivity index (χ1) is 8.88. The standard InChI is InChI=1S/C11H10NO.C5H5.Fe/c13-11(9-4-1-2-5-9)10-6-3-7-12-8-10;1-2-4-5-3-1;/h1-8,11,13H;1-5H;/q;;+2. The molecule has 2 aliphatic carbocycles. The molecule has 3 rings (SSSR count). The van der Waals surface area contributed by atoms with Gasteiger partial charge in [0.05, 0.1) is 6.10 Å². The zero-order valence-corrected chi connectivity index (χ0v) is 11.4. The number of nitrogens with zero attached hydrogens (tertiary/aromatic N) is 1. The van der Waals surface area contributed by atoms with Gasteiger partial charge < -0.3 is 5.11 Å². The second-order valence-corrected chi connectivity index (χ2v) is 3.87. The van der Waals surface area contributed by atoms with E-state index in [4.69, 9.17) is 0 Å². The van der Waals surface area contributed by atoms with Gasteiger partial charge in [0, 0.05) is 18.3 Å². The van der Waals surface area contributed by atoms with Crippen LogP contribution in [0.1, 0.15) is 11.7 Å². The molecule has 2 fully saturated rings. The van der Waals surface area contributed by atoms with Crippen LogP contribution in [0.15, 0.2) is 24.5 Å². The Balaban J connectivity index is 0.000000256. The fourth-order valence-electron chi connectivity index (χ4n) is 1.62. The van der Waals surface area contributed by atoms with Crippen LogP contribution in [0.5, 0.6) is 0 Å². The second kappa shape index (κ2) is 9.52. The first kappa shape index (κ1) is 16.7. The zero-order valence-electron chi connectivity index (χ0n) is 10.3. The molecule has 0 amide bonds. The molecule has 0 aromatic carbocycles. The summed E-state index contributed by atoms with van der Waals surface area (Å²) in [6.45, 7) is 0. The zero-order chi connectivity index (χ0) is 12.6. The van der Waals surface area contributed by atoms with E-state index in [-0.39, 0.29) is 17.1 Å². The molecule has 3 heteroatoms. The Bertz CT molecular complexity index is 313. The molecule has 0 saturated heterocycles. The summed E-state index contributed by atoms with van der Waals surface area (Å²) in [5, 5.41) is 9.84. The molecule has 19 heavy (non-hydrogen) atoms. The van der Waals surface area contributed by atoms with Crippen molar-refractivity contribution in [3.63, 3.8) is 0 Å². The van der Waals surface area contributed by atoms with Crippen LogP contribution >= 0.6 is 0 Å². The molecule has 1 unspecified atom stereocenters. The molecule has 96 valence electrons. The molecule has 2 aliphatic rings. The second-order valence-electron chi connectivity index (χ2n) is 3.87. The van der Waals surface area contributed by atoms with E-state index in [1.807, 2.05) is 69.9 Å². The third-order valence-electron chi connectivity index (χ3n) is 2.56. The van der Waals surface area contributed by atoms with Crippen molar-refractivity contribution in [2.45, 2.75) is 6.10 Å². The Morgan fingerprint density at radius 3 is 1.95 bits per heavy atom. The quantitative estimate of drug-likeness (QED) is 0.850. The maximum Gasteiger partial charge on any atom is 2.00 e. The van der Waals surface area contributed by atoms with E-state index >= 15 is 0 Å². The van der Waals surface area contributed by atoms with E-state index in [1.165, 1.54) is 0 Å². The maximum atomic E-state index is 9.84. The van der Waals surface area contributed by atoms with Crippen LogP contribution in [0.3, 0.4) is 0 Å². The van der Waals surface area contributed by atoms with Crippen LogP contribution in [0, 0.1) is 63.7 Å².